The Bertz CT molecular complexity index is 621. The molecule has 21 heavy (non-hydrogen) atoms. The quantitative estimate of drug-likeness (QED) is 0.857. The molecule has 1 saturated carbocycles. The average Bonchev–Trinajstić information content (AvgIpc) is 3.26. The summed E-state index contributed by atoms with van der Waals surface area (Å²) in [5.74, 6) is 0.996. The number of carbonyl (C=O) groups excluding carboxylic acids is 1. The molecule has 0 spiro atoms. The van der Waals surface area contributed by atoms with Crippen molar-refractivity contribution < 1.29 is 4.79 Å². The van der Waals surface area contributed by atoms with Gasteiger partial charge < -0.3 is 5.32 Å². The minimum absolute atomic E-state index is 0.277. The molecule has 0 atom stereocenters. The summed E-state index contributed by atoms with van der Waals surface area (Å²) in [7, 11) is 0. The van der Waals surface area contributed by atoms with Crippen LogP contribution in [0.5, 0.6) is 0 Å². The normalized spacial score (nSPS) is 14.0. The van der Waals surface area contributed by atoms with E-state index in [9.17, 15) is 4.79 Å². The van der Waals surface area contributed by atoms with Crippen LogP contribution in [0.3, 0.4) is 0 Å². The molecule has 0 bridgehead atoms. The van der Waals surface area contributed by atoms with Crippen molar-refractivity contribution in [2.24, 2.45) is 0 Å². The largest absolute Gasteiger partial charge is 0.369 e. The molecule has 2 heterocycles. The zero-order valence-electron chi connectivity index (χ0n) is 11.8. The van der Waals surface area contributed by atoms with Gasteiger partial charge in [-0.25, -0.2) is 15.0 Å². The third-order valence-electron chi connectivity index (χ3n) is 3.18. The summed E-state index contributed by atoms with van der Waals surface area (Å²) in [6.45, 7) is 2.91. The summed E-state index contributed by atoms with van der Waals surface area (Å²) >= 11 is 1.45. The summed E-state index contributed by atoms with van der Waals surface area (Å²) in [6, 6.07) is 0. The topological polar surface area (TPSA) is 79.8 Å². The summed E-state index contributed by atoms with van der Waals surface area (Å²) < 4.78 is 0. The van der Waals surface area contributed by atoms with Crippen molar-refractivity contribution in [2.75, 3.05) is 17.2 Å². The zero-order valence-corrected chi connectivity index (χ0v) is 12.6. The predicted octanol–water partition coefficient (Wildman–Crippen LogP) is 2.88. The first-order valence-corrected chi connectivity index (χ1v) is 7.97. The first kappa shape index (κ1) is 13.9. The van der Waals surface area contributed by atoms with E-state index in [1.54, 1.807) is 6.20 Å². The maximum atomic E-state index is 12.1. The number of amides is 1. The number of nitrogens with zero attached hydrogens (tertiary/aromatic N) is 3. The lowest BCUT2D eigenvalue weighted by Gasteiger charge is -2.04. The Balaban J connectivity index is 1.61. The fraction of sp³-hybridized carbons (Fsp3) is 0.429. The van der Waals surface area contributed by atoms with Crippen LogP contribution < -0.4 is 10.6 Å². The maximum absolute atomic E-state index is 12.1. The Morgan fingerprint density at radius 2 is 2.24 bits per heavy atom. The number of anilines is 2. The Hall–Kier alpha value is -2.02. The van der Waals surface area contributed by atoms with Gasteiger partial charge in [-0.1, -0.05) is 6.92 Å². The van der Waals surface area contributed by atoms with E-state index in [1.807, 2.05) is 5.38 Å². The number of nitrogens with one attached hydrogen (secondary N) is 2. The van der Waals surface area contributed by atoms with Crippen LogP contribution in [0.2, 0.25) is 0 Å². The first-order valence-electron chi connectivity index (χ1n) is 7.09. The molecule has 1 amide bonds. The highest BCUT2D eigenvalue weighted by Crippen LogP contribution is 2.40. The van der Waals surface area contributed by atoms with Gasteiger partial charge in [-0.2, -0.15) is 0 Å². The number of rotatable bonds is 6. The number of aromatic nitrogens is 3. The van der Waals surface area contributed by atoms with Crippen LogP contribution >= 0.6 is 11.3 Å². The van der Waals surface area contributed by atoms with Gasteiger partial charge in [-0.3, -0.25) is 10.1 Å². The van der Waals surface area contributed by atoms with Gasteiger partial charge in [0, 0.05) is 17.8 Å². The number of hydrogen-bond acceptors (Lipinski definition) is 6. The Kier molecular flexibility index (Phi) is 4.10. The molecular formula is C14H17N5OS. The van der Waals surface area contributed by atoms with E-state index < -0.39 is 0 Å². The van der Waals surface area contributed by atoms with E-state index in [1.165, 1.54) is 30.4 Å². The minimum Gasteiger partial charge on any atom is -0.369 e. The molecule has 1 aliphatic rings. The Morgan fingerprint density at radius 1 is 1.38 bits per heavy atom. The molecular weight excluding hydrogens is 286 g/mol. The molecule has 6 nitrogen and oxygen atoms in total. The maximum Gasteiger partial charge on any atom is 0.277 e. The third-order valence-corrected chi connectivity index (χ3v) is 3.95. The lowest BCUT2D eigenvalue weighted by Crippen LogP contribution is -2.14. The van der Waals surface area contributed by atoms with E-state index in [0.717, 1.165) is 18.7 Å². The molecule has 0 unspecified atom stereocenters. The minimum atomic E-state index is -0.277. The second kappa shape index (κ2) is 6.17. The van der Waals surface area contributed by atoms with Crippen LogP contribution in [0.4, 0.5) is 10.9 Å². The van der Waals surface area contributed by atoms with Gasteiger partial charge in [0.2, 0.25) is 0 Å². The van der Waals surface area contributed by atoms with Crippen molar-refractivity contribution >= 4 is 28.2 Å². The molecule has 3 rings (SSSR count). The van der Waals surface area contributed by atoms with Crippen molar-refractivity contribution in [1.29, 1.82) is 0 Å². The van der Waals surface area contributed by atoms with Crippen LogP contribution in [-0.2, 0) is 0 Å². The van der Waals surface area contributed by atoms with Crippen LogP contribution in [0.1, 0.15) is 48.3 Å². The molecule has 2 aromatic rings. The van der Waals surface area contributed by atoms with Crippen LogP contribution in [0, 0.1) is 0 Å². The highest BCUT2D eigenvalue weighted by Gasteiger charge is 2.26. The van der Waals surface area contributed by atoms with Crippen LogP contribution in [0.25, 0.3) is 0 Å². The van der Waals surface area contributed by atoms with Crippen molar-refractivity contribution in [1.82, 2.24) is 15.0 Å². The van der Waals surface area contributed by atoms with Gasteiger partial charge in [0.25, 0.3) is 5.91 Å². The van der Waals surface area contributed by atoms with Crippen molar-refractivity contribution in [3.63, 3.8) is 0 Å². The van der Waals surface area contributed by atoms with Gasteiger partial charge in [0.15, 0.2) is 5.13 Å². The summed E-state index contributed by atoms with van der Waals surface area (Å²) in [5.41, 5.74) is 1.38. The molecule has 2 N–H and O–H groups in total. The molecule has 1 fully saturated rings. The van der Waals surface area contributed by atoms with Crippen molar-refractivity contribution in [2.45, 2.75) is 32.1 Å². The van der Waals surface area contributed by atoms with Crippen LogP contribution in [0.15, 0.2) is 17.8 Å². The summed E-state index contributed by atoms with van der Waals surface area (Å²) in [4.78, 5) is 24.8. The van der Waals surface area contributed by atoms with Gasteiger partial charge >= 0.3 is 0 Å². The molecule has 2 aromatic heterocycles. The van der Waals surface area contributed by atoms with E-state index in [0.29, 0.717) is 22.6 Å². The van der Waals surface area contributed by atoms with E-state index in [2.05, 4.69) is 32.5 Å². The SMILES string of the molecule is CCCNc1cnc(C(=O)Nc2nc(C3CC3)cs2)cn1. The lowest BCUT2D eigenvalue weighted by atomic mass is 10.3. The predicted molar refractivity (Wildman–Crippen MR) is 82.9 cm³/mol. The fourth-order valence-electron chi connectivity index (χ4n) is 1.86. The highest BCUT2D eigenvalue weighted by molar-refractivity contribution is 7.14. The summed E-state index contributed by atoms with van der Waals surface area (Å²) in [5, 5.41) is 8.52. The van der Waals surface area contributed by atoms with Crippen LogP contribution in [-0.4, -0.2) is 27.4 Å². The van der Waals surface area contributed by atoms with Crippen molar-refractivity contribution in [3.05, 3.63) is 29.2 Å². The number of carbonyl (C=O) groups is 1. The average molecular weight is 303 g/mol. The molecule has 1 aliphatic carbocycles. The van der Waals surface area contributed by atoms with Gasteiger partial charge in [0.1, 0.15) is 11.5 Å². The number of thiazole rings is 1. The molecule has 0 aliphatic heterocycles. The lowest BCUT2D eigenvalue weighted by molar-refractivity contribution is 0.102. The summed E-state index contributed by atoms with van der Waals surface area (Å²) in [6.07, 6.45) is 6.46. The van der Waals surface area contributed by atoms with E-state index in [4.69, 9.17) is 0 Å². The van der Waals surface area contributed by atoms with Gasteiger partial charge in [0.05, 0.1) is 18.1 Å². The Morgan fingerprint density at radius 3 is 2.90 bits per heavy atom. The molecule has 0 aromatic carbocycles. The highest BCUT2D eigenvalue weighted by atomic mass is 32.1. The fourth-order valence-corrected chi connectivity index (χ4v) is 2.65. The molecule has 0 saturated heterocycles. The number of hydrogen-bond donors (Lipinski definition) is 2. The second-order valence-electron chi connectivity index (χ2n) is 5.02. The molecule has 7 heteroatoms. The second-order valence-corrected chi connectivity index (χ2v) is 5.88. The standard InChI is InChI=1S/C14H17N5OS/c1-2-5-15-12-7-16-10(6-17-12)13(20)19-14-18-11(8-21-14)9-3-4-9/h6-9H,2-5H2,1H3,(H,15,17)(H,18,19,20). The third kappa shape index (κ3) is 3.55. The smallest absolute Gasteiger partial charge is 0.277 e. The van der Waals surface area contributed by atoms with E-state index >= 15 is 0 Å². The Labute approximate surface area is 127 Å². The first-order chi connectivity index (χ1) is 10.3. The molecule has 110 valence electrons. The van der Waals surface area contributed by atoms with Crippen molar-refractivity contribution in [3.8, 4) is 0 Å². The zero-order chi connectivity index (χ0) is 14.7. The van der Waals surface area contributed by atoms with E-state index in [-0.39, 0.29) is 5.91 Å². The van der Waals surface area contributed by atoms with Gasteiger partial charge in [-0.05, 0) is 19.3 Å². The molecule has 0 radical (unpaired) electrons. The monoisotopic (exact) mass is 303 g/mol. The van der Waals surface area contributed by atoms with Gasteiger partial charge in [-0.15, -0.1) is 11.3 Å².